The lowest BCUT2D eigenvalue weighted by molar-refractivity contribution is 0.328. The monoisotopic (exact) mass is 302 g/mol. The smallest absolute Gasteiger partial charge is 0.0991 e. The molecule has 116 valence electrons. The van der Waals surface area contributed by atoms with Crippen LogP contribution in [-0.2, 0) is 0 Å². The predicted octanol–water partition coefficient (Wildman–Crippen LogP) is 5.47. The molecule has 0 saturated heterocycles. The number of allylic oxidation sites excluding steroid dienone is 1. The van der Waals surface area contributed by atoms with Crippen LogP contribution >= 0.6 is 0 Å². The van der Waals surface area contributed by atoms with Gasteiger partial charge < -0.3 is 0 Å². The Morgan fingerprint density at radius 2 is 1.83 bits per heavy atom. The molecule has 1 aliphatic carbocycles. The van der Waals surface area contributed by atoms with E-state index in [4.69, 9.17) is 5.26 Å². The third kappa shape index (κ3) is 3.68. The van der Waals surface area contributed by atoms with Crippen LogP contribution in [0.4, 0.5) is 0 Å². The van der Waals surface area contributed by atoms with Crippen molar-refractivity contribution < 1.29 is 0 Å². The van der Waals surface area contributed by atoms with Crippen LogP contribution in [0.5, 0.6) is 0 Å². The highest BCUT2D eigenvalue weighted by molar-refractivity contribution is 5.60. The molecule has 3 rings (SSSR count). The third-order valence-electron chi connectivity index (χ3n) is 4.91. The zero-order chi connectivity index (χ0) is 16.1. The lowest BCUT2D eigenvalue weighted by atomic mass is 9.78. The highest BCUT2D eigenvalue weighted by Gasteiger charge is 2.21. The van der Waals surface area contributed by atoms with Crippen molar-refractivity contribution in [3.05, 3.63) is 66.4 Å². The van der Waals surface area contributed by atoms with Crippen molar-refractivity contribution >= 4 is 0 Å². The van der Waals surface area contributed by atoms with Gasteiger partial charge in [0, 0.05) is 11.8 Å². The maximum atomic E-state index is 8.86. The Morgan fingerprint density at radius 1 is 1.09 bits per heavy atom. The maximum absolute atomic E-state index is 8.86. The first-order valence-electron chi connectivity index (χ1n) is 8.37. The van der Waals surface area contributed by atoms with Crippen molar-refractivity contribution in [2.75, 3.05) is 0 Å². The molecule has 1 aromatic carbocycles. The van der Waals surface area contributed by atoms with Crippen LogP contribution in [0, 0.1) is 17.2 Å². The first-order chi connectivity index (χ1) is 11.3. The second kappa shape index (κ2) is 7.24. The van der Waals surface area contributed by atoms with Crippen molar-refractivity contribution in [2.24, 2.45) is 5.92 Å². The van der Waals surface area contributed by atoms with E-state index in [2.05, 4.69) is 35.8 Å². The second-order valence-corrected chi connectivity index (χ2v) is 6.41. The standard InChI is InChI=1S/C21H22N2/c1-2-3-16-4-8-18(9-5-16)20-12-13-21(23-15-20)19-10-6-17(14-22)7-11-19/h2,6-7,10-13,15-16,18H,1,3-5,8-9H2. The van der Waals surface area contributed by atoms with Crippen LogP contribution in [-0.4, -0.2) is 4.98 Å². The summed E-state index contributed by atoms with van der Waals surface area (Å²) in [5.74, 6) is 1.48. The fraction of sp³-hybridized carbons (Fsp3) is 0.333. The van der Waals surface area contributed by atoms with E-state index >= 15 is 0 Å². The molecule has 1 heterocycles. The molecule has 0 spiro atoms. The summed E-state index contributed by atoms with van der Waals surface area (Å²) in [7, 11) is 0. The molecule has 0 amide bonds. The molecule has 0 bridgehead atoms. The lowest BCUT2D eigenvalue weighted by Gasteiger charge is -2.28. The van der Waals surface area contributed by atoms with Crippen LogP contribution in [0.2, 0.25) is 0 Å². The predicted molar refractivity (Wildman–Crippen MR) is 93.9 cm³/mol. The lowest BCUT2D eigenvalue weighted by Crippen LogP contribution is -2.13. The van der Waals surface area contributed by atoms with Gasteiger partial charge in [-0.3, -0.25) is 4.98 Å². The number of hydrogen-bond acceptors (Lipinski definition) is 2. The van der Waals surface area contributed by atoms with Crippen molar-refractivity contribution in [1.82, 2.24) is 4.98 Å². The Labute approximate surface area is 138 Å². The third-order valence-corrected chi connectivity index (χ3v) is 4.91. The van der Waals surface area contributed by atoms with E-state index in [1.54, 1.807) is 0 Å². The second-order valence-electron chi connectivity index (χ2n) is 6.41. The van der Waals surface area contributed by atoms with Crippen molar-refractivity contribution in [1.29, 1.82) is 5.26 Å². The fourth-order valence-electron chi connectivity index (χ4n) is 3.50. The molecule has 2 aromatic rings. The quantitative estimate of drug-likeness (QED) is 0.702. The molecular weight excluding hydrogens is 280 g/mol. The maximum Gasteiger partial charge on any atom is 0.0991 e. The summed E-state index contributed by atoms with van der Waals surface area (Å²) in [6.07, 6.45) is 10.4. The number of benzene rings is 1. The Hall–Kier alpha value is -2.40. The molecule has 23 heavy (non-hydrogen) atoms. The number of nitriles is 1. The van der Waals surface area contributed by atoms with Crippen molar-refractivity contribution in [2.45, 2.75) is 38.0 Å². The van der Waals surface area contributed by atoms with E-state index in [1.807, 2.05) is 30.5 Å². The normalized spacial score (nSPS) is 20.7. The van der Waals surface area contributed by atoms with Crippen molar-refractivity contribution in [3.63, 3.8) is 0 Å². The molecule has 1 saturated carbocycles. The van der Waals surface area contributed by atoms with Crippen LogP contribution < -0.4 is 0 Å². The average molecular weight is 302 g/mol. The number of hydrogen-bond donors (Lipinski definition) is 0. The average Bonchev–Trinajstić information content (AvgIpc) is 2.63. The van der Waals surface area contributed by atoms with Crippen LogP contribution in [0.15, 0.2) is 55.3 Å². The molecule has 0 radical (unpaired) electrons. The molecule has 0 atom stereocenters. The zero-order valence-corrected chi connectivity index (χ0v) is 13.4. The van der Waals surface area contributed by atoms with E-state index in [1.165, 1.54) is 31.2 Å². The number of aromatic nitrogens is 1. The zero-order valence-electron chi connectivity index (χ0n) is 13.4. The van der Waals surface area contributed by atoms with Gasteiger partial charge in [0.2, 0.25) is 0 Å². The summed E-state index contributed by atoms with van der Waals surface area (Å²) >= 11 is 0. The van der Waals surface area contributed by atoms with Crippen LogP contribution in [0.25, 0.3) is 11.3 Å². The van der Waals surface area contributed by atoms with Crippen molar-refractivity contribution in [3.8, 4) is 17.3 Å². The van der Waals surface area contributed by atoms with E-state index in [0.29, 0.717) is 11.5 Å². The van der Waals surface area contributed by atoms with Gasteiger partial charge in [-0.1, -0.05) is 24.3 Å². The van der Waals surface area contributed by atoms with Gasteiger partial charge in [0.1, 0.15) is 0 Å². The van der Waals surface area contributed by atoms with Gasteiger partial charge >= 0.3 is 0 Å². The fourth-order valence-corrected chi connectivity index (χ4v) is 3.50. The minimum atomic E-state index is 0.651. The summed E-state index contributed by atoms with van der Waals surface area (Å²) < 4.78 is 0. The Balaban J connectivity index is 1.67. The highest BCUT2D eigenvalue weighted by atomic mass is 14.7. The number of nitrogens with zero attached hydrogens (tertiary/aromatic N) is 2. The van der Waals surface area contributed by atoms with E-state index in [9.17, 15) is 0 Å². The molecule has 0 N–H and O–H groups in total. The molecule has 0 unspecified atom stereocenters. The Morgan fingerprint density at radius 3 is 2.39 bits per heavy atom. The first kappa shape index (κ1) is 15.5. The summed E-state index contributed by atoms with van der Waals surface area (Å²) in [6, 6.07) is 14.1. The van der Waals surface area contributed by atoms with Gasteiger partial charge in [-0.25, -0.2) is 0 Å². The minimum absolute atomic E-state index is 0.651. The minimum Gasteiger partial charge on any atom is -0.256 e. The van der Waals surface area contributed by atoms with Gasteiger partial charge in [0.25, 0.3) is 0 Å². The Bertz CT molecular complexity index is 684. The summed E-state index contributed by atoms with van der Waals surface area (Å²) in [5.41, 5.74) is 4.07. The summed E-state index contributed by atoms with van der Waals surface area (Å²) in [6.45, 7) is 3.85. The van der Waals surface area contributed by atoms with Gasteiger partial charge in [0.05, 0.1) is 17.3 Å². The highest BCUT2D eigenvalue weighted by Crippen LogP contribution is 2.37. The van der Waals surface area contributed by atoms with Crippen LogP contribution in [0.3, 0.4) is 0 Å². The SMILES string of the molecule is C=CCC1CCC(c2ccc(-c3ccc(C#N)cc3)nc2)CC1. The molecule has 2 heteroatoms. The molecule has 0 aliphatic heterocycles. The number of rotatable bonds is 4. The van der Waals surface area contributed by atoms with E-state index in [-0.39, 0.29) is 0 Å². The van der Waals surface area contributed by atoms with Gasteiger partial charge in [-0.05, 0) is 67.7 Å². The van der Waals surface area contributed by atoms with Gasteiger partial charge in [0.15, 0.2) is 0 Å². The van der Waals surface area contributed by atoms with Gasteiger partial charge in [-0.15, -0.1) is 6.58 Å². The molecule has 2 nitrogen and oxygen atoms in total. The molecule has 1 fully saturated rings. The Kier molecular flexibility index (Phi) is 4.88. The topological polar surface area (TPSA) is 36.7 Å². The largest absolute Gasteiger partial charge is 0.256 e. The summed E-state index contributed by atoms with van der Waals surface area (Å²) in [4.78, 5) is 4.64. The molecular formula is C21H22N2. The number of pyridine rings is 1. The molecule has 1 aliphatic rings. The summed E-state index contributed by atoms with van der Waals surface area (Å²) in [5, 5.41) is 8.86. The van der Waals surface area contributed by atoms with Crippen LogP contribution in [0.1, 0.15) is 49.1 Å². The van der Waals surface area contributed by atoms with E-state index < -0.39 is 0 Å². The van der Waals surface area contributed by atoms with E-state index in [0.717, 1.165) is 23.6 Å². The molecule has 1 aromatic heterocycles. The first-order valence-corrected chi connectivity index (χ1v) is 8.37. The van der Waals surface area contributed by atoms with Gasteiger partial charge in [-0.2, -0.15) is 5.26 Å².